The highest BCUT2D eigenvalue weighted by molar-refractivity contribution is 6.04. The number of hydrogen-bond acceptors (Lipinski definition) is 1. The van der Waals surface area contributed by atoms with Gasteiger partial charge in [-0.25, -0.2) is 4.79 Å². The number of carboxylic acids is 1. The molecular weight excluding hydrogens is 286 g/mol. The number of unbranched alkanes of at least 4 members (excludes halogenated alkanes) is 1. The van der Waals surface area contributed by atoms with Gasteiger partial charge in [0, 0.05) is 18.1 Å². The number of aromatic carboxylic acids is 1. The fourth-order valence-electron chi connectivity index (χ4n) is 3.03. The van der Waals surface area contributed by atoms with Crippen LogP contribution < -0.4 is 0 Å². The SMILES string of the molecule is CCCCn1cc(C(C)C)c2cc(C(C)(C)C)cc(C(=O)O)c21. The van der Waals surface area contributed by atoms with Crippen molar-refractivity contribution in [2.24, 2.45) is 0 Å². The molecule has 1 heterocycles. The minimum absolute atomic E-state index is 0.0713. The van der Waals surface area contributed by atoms with Crippen molar-refractivity contribution in [3.63, 3.8) is 0 Å². The number of aryl methyl sites for hydroxylation is 1. The van der Waals surface area contributed by atoms with Crippen LogP contribution in [-0.4, -0.2) is 15.6 Å². The average Bonchev–Trinajstić information content (AvgIpc) is 2.82. The van der Waals surface area contributed by atoms with Gasteiger partial charge < -0.3 is 9.67 Å². The standard InChI is InChI=1S/C20H29NO2/c1-7-8-9-21-12-17(13(2)3)15-10-14(20(4,5)6)11-16(18(15)21)19(22)23/h10-13H,7-9H2,1-6H3,(H,22,23). The van der Waals surface area contributed by atoms with E-state index >= 15 is 0 Å². The second kappa shape index (κ2) is 6.38. The molecule has 0 spiro atoms. The lowest BCUT2D eigenvalue weighted by molar-refractivity contribution is 0.0698. The first-order valence-corrected chi connectivity index (χ1v) is 8.57. The summed E-state index contributed by atoms with van der Waals surface area (Å²) in [6.07, 6.45) is 4.31. The Morgan fingerprint density at radius 3 is 2.39 bits per heavy atom. The molecule has 126 valence electrons. The summed E-state index contributed by atoms with van der Waals surface area (Å²) in [5.41, 5.74) is 3.55. The number of carbonyl (C=O) groups is 1. The maximum atomic E-state index is 11.9. The fourth-order valence-corrected chi connectivity index (χ4v) is 3.03. The van der Waals surface area contributed by atoms with Crippen molar-refractivity contribution in [3.8, 4) is 0 Å². The third-order valence-electron chi connectivity index (χ3n) is 4.47. The molecule has 0 radical (unpaired) electrons. The van der Waals surface area contributed by atoms with Gasteiger partial charge in [0.15, 0.2) is 0 Å². The Labute approximate surface area is 139 Å². The number of hydrogen-bond donors (Lipinski definition) is 1. The van der Waals surface area contributed by atoms with E-state index < -0.39 is 5.97 Å². The molecule has 1 aromatic heterocycles. The van der Waals surface area contributed by atoms with E-state index in [0.29, 0.717) is 11.5 Å². The zero-order valence-electron chi connectivity index (χ0n) is 15.2. The van der Waals surface area contributed by atoms with Crippen LogP contribution in [0.15, 0.2) is 18.3 Å². The molecule has 0 saturated carbocycles. The van der Waals surface area contributed by atoms with Gasteiger partial charge in [-0.05, 0) is 41.0 Å². The van der Waals surface area contributed by atoms with E-state index in [1.807, 2.05) is 6.07 Å². The summed E-state index contributed by atoms with van der Waals surface area (Å²) in [6.45, 7) is 13.8. The van der Waals surface area contributed by atoms with Crippen molar-refractivity contribution in [3.05, 3.63) is 35.0 Å². The molecule has 0 bridgehead atoms. The minimum atomic E-state index is -0.841. The summed E-state index contributed by atoms with van der Waals surface area (Å²) >= 11 is 0. The van der Waals surface area contributed by atoms with Gasteiger partial charge in [-0.15, -0.1) is 0 Å². The highest BCUT2D eigenvalue weighted by Crippen LogP contribution is 2.35. The molecule has 0 aliphatic heterocycles. The normalized spacial score (nSPS) is 12.3. The van der Waals surface area contributed by atoms with Gasteiger partial charge in [-0.1, -0.05) is 48.0 Å². The van der Waals surface area contributed by atoms with Gasteiger partial charge in [-0.2, -0.15) is 0 Å². The number of benzene rings is 1. The first-order chi connectivity index (χ1) is 10.7. The molecule has 0 amide bonds. The van der Waals surface area contributed by atoms with Crippen molar-refractivity contribution in [1.82, 2.24) is 4.57 Å². The lowest BCUT2D eigenvalue weighted by atomic mass is 9.84. The molecule has 1 N–H and O–H groups in total. The van der Waals surface area contributed by atoms with Crippen LogP contribution in [0.5, 0.6) is 0 Å². The molecule has 23 heavy (non-hydrogen) atoms. The van der Waals surface area contributed by atoms with Crippen molar-refractivity contribution < 1.29 is 9.90 Å². The predicted octanol–water partition coefficient (Wildman–Crippen LogP) is 5.56. The van der Waals surface area contributed by atoms with Crippen LogP contribution in [0.2, 0.25) is 0 Å². The third kappa shape index (κ3) is 3.44. The Morgan fingerprint density at radius 1 is 1.26 bits per heavy atom. The highest BCUT2D eigenvalue weighted by Gasteiger charge is 2.23. The van der Waals surface area contributed by atoms with Gasteiger partial charge in [0.05, 0.1) is 11.1 Å². The van der Waals surface area contributed by atoms with E-state index in [0.717, 1.165) is 35.9 Å². The second-order valence-electron chi connectivity index (χ2n) is 7.76. The largest absolute Gasteiger partial charge is 0.478 e. The molecule has 0 unspecified atom stereocenters. The minimum Gasteiger partial charge on any atom is -0.478 e. The number of carboxylic acid groups (broad SMARTS) is 1. The second-order valence-corrected chi connectivity index (χ2v) is 7.76. The molecule has 2 aromatic rings. The first-order valence-electron chi connectivity index (χ1n) is 8.57. The molecule has 0 atom stereocenters. The Hall–Kier alpha value is -1.77. The summed E-state index contributed by atoms with van der Waals surface area (Å²) < 4.78 is 2.14. The molecule has 0 saturated heterocycles. The zero-order chi connectivity index (χ0) is 17.4. The summed E-state index contributed by atoms with van der Waals surface area (Å²) in [7, 11) is 0. The number of fused-ring (bicyclic) bond motifs is 1. The van der Waals surface area contributed by atoms with Crippen molar-refractivity contribution >= 4 is 16.9 Å². The van der Waals surface area contributed by atoms with Crippen LogP contribution in [0.4, 0.5) is 0 Å². The van der Waals surface area contributed by atoms with Gasteiger partial charge in [0.25, 0.3) is 0 Å². The van der Waals surface area contributed by atoms with E-state index in [1.165, 1.54) is 5.56 Å². The number of rotatable bonds is 5. The van der Waals surface area contributed by atoms with Gasteiger partial charge in [0.2, 0.25) is 0 Å². The van der Waals surface area contributed by atoms with E-state index in [1.54, 1.807) is 0 Å². The van der Waals surface area contributed by atoms with Gasteiger partial charge in [-0.3, -0.25) is 0 Å². The molecule has 0 fully saturated rings. The van der Waals surface area contributed by atoms with Crippen LogP contribution in [0.1, 0.15) is 81.8 Å². The fraction of sp³-hybridized carbons (Fsp3) is 0.550. The third-order valence-corrected chi connectivity index (χ3v) is 4.47. The molecule has 1 aromatic carbocycles. The topological polar surface area (TPSA) is 42.2 Å². The zero-order valence-corrected chi connectivity index (χ0v) is 15.2. The Morgan fingerprint density at radius 2 is 1.91 bits per heavy atom. The maximum Gasteiger partial charge on any atom is 0.337 e. The maximum absolute atomic E-state index is 11.9. The average molecular weight is 315 g/mol. The van der Waals surface area contributed by atoms with Crippen molar-refractivity contribution in [2.75, 3.05) is 0 Å². The summed E-state index contributed by atoms with van der Waals surface area (Å²) in [4.78, 5) is 11.9. The van der Waals surface area contributed by atoms with E-state index in [9.17, 15) is 9.90 Å². The van der Waals surface area contributed by atoms with Crippen LogP contribution in [0.25, 0.3) is 10.9 Å². The van der Waals surface area contributed by atoms with E-state index in [-0.39, 0.29) is 5.41 Å². The molecule has 3 heteroatoms. The highest BCUT2D eigenvalue weighted by atomic mass is 16.4. The lowest BCUT2D eigenvalue weighted by Gasteiger charge is -2.21. The number of nitrogens with zero attached hydrogens (tertiary/aromatic N) is 1. The molecule has 0 aliphatic rings. The monoisotopic (exact) mass is 315 g/mol. The molecule has 3 nitrogen and oxygen atoms in total. The van der Waals surface area contributed by atoms with Gasteiger partial charge >= 0.3 is 5.97 Å². The Balaban J connectivity index is 2.83. The van der Waals surface area contributed by atoms with E-state index in [2.05, 4.69) is 58.4 Å². The lowest BCUT2D eigenvalue weighted by Crippen LogP contribution is -2.13. The molecule has 0 aliphatic carbocycles. The van der Waals surface area contributed by atoms with Gasteiger partial charge in [0.1, 0.15) is 0 Å². The van der Waals surface area contributed by atoms with Crippen LogP contribution >= 0.6 is 0 Å². The van der Waals surface area contributed by atoms with Crippen LogP contribution in [0.3, 0.4) is 0 Å². The Bertz CT molecular complexity index is 717. The quantitative estimate of drug-likeness (QED) is 0.784. The summed E-state index contributed by atoms with van der Waals surface area (Å²) in [5, 5.41) is 10.9. The van der Waals surface area contributed by atoms with Crippen LogP contribution in [0, 0.1) is 0 Å². The Kier molecular flexibility index (Phi) is 4.88. The van der Waals surface area contributed by atoms with E-state index in [4.69, 9.17) is 0 Å². The molecular formula is C20H29NO2. The predicted molar refractivity (Wildman–Crippen MR) is 96.6 cm³/mol. The smallest absolute Gasteiger partial charge is 0.337 e. The first kappa shape index (κ1) is 17.6. The molecule has 2 rings (SSSR count). The van der Waals surface area contributed by atoms with Crippen LogP contribution in [-0.2, 0) is 12.0 Å². The summed E-state index contributed by atoms with van der Waals surface area (Å²) in [6, 6.07) is 4.05. The number of aromatic nitrogens is 1. The van der Waals surface area contributed by atoms with Crippen molar-refractivity contribution in [2.45, 2.75) is 72.3 Å². The summed E-state index contributed by atoms with van der Waals surface area (Å²) in [5.74, 6) is -0.468. The van der Waals surface area contributed by atoms with Crippen molar-refractivity contribution in [1.29, 1.82) is 0 Å².